The first-order valence-electron chi connectivity index (χ1n) is 2.06. The van der Waals surface area contributed by atoms with Crippen molar-refractivity contribution < 1.29 is 9.57 Å². The molecule has 0 bridgehead atoms. The molecule has 0 amide bonds. The SMILES string of the molecule is C.COCON(C)C. The normalized spacial score (nSPS) is 9.00. The Labute approximate surface area is 51.1 Å². The first-order valence-corrected chi connectivity index (χ1v) is 2.06. The fourth-order valence-corrected chi connectivity index (χ4v) is 0.158. The number of hydrogen-bond acceptors (Lipinski definition) is 3. The minimum absolute atomic E-state index is 0. The summed E-state index contributed by atoms with van der Waals surface area (Å²) in [5.74, 6) is 0. The quantitative estimate of drug-likeness (QED) is 0.405. The Morgan fingerprint density at radius 1 is 1.38 bits per heavy atom. The van der Waals surface area contributed by atoms with E-state index >= 15 is 0 Å². The van der Waals surface area contributed by atoms with Gasteiger partial charge in [-0.25, -0.2) is 0 Å². The zero-order valence-corrected chi connectivity index (χ0v) is 4.97. The Kier molecular flexibility index (Phi) is 9.28. The van der Waals surface area contributed by atoms with E-state index in [0.717, 1.165) is 0 Å². The molecule has 0 unspecified atom stereocenters. The van der Waals surface area contributed by atoms with Crippen molar-refractivity contribution in [2.75, 3.05) is 28.0 Å². The highest BCUT2D eigenvalue weighted by Gasteiger charge is 1.82. The van der Waals surface area contributed by atoms with Gasteiger partial charge in [0.1, 0.15) is 0 Å². The lowest BCUT2D eigenvalue weighted by atomic mass is 11.2. The van der Waals surface area contributed by atoms with E-state index in [2.05, 4.69) is 4.74 Å². The van der Waals surface area contributed by atoms with Crippen LogP contribution in [0, 0.1) is 0 Å². The van der Waals surface area contributed by atoms with Crippen molar-refractivity contribution in [2.24, 2.45) is 0 Å². The van der Waals surface area contributed by atoms with E-state index in [1.165, 1.54) is 0 Å². The highest BCUT2D eigenvalue weighted by atomic mass is 16.8. The molecule has 0 aromatic heterocycles. The minimum atomic E-state index is 0. The molecule has 0 heterocycles. The van der Waals surface area contributed by atoms with Crippen LogP contribution in [-0.2, 0) is 9.57 Å². The largest absolute Gasteiger partial charge is 0.357 e. The average Bonchev–Trinajstić information content (AvgIpc) is 1.61. The summed E-state index contributed by atoms with van der Waals surface area (Å²) in [6, 6.07) is 0. The van der Waals surface area contributed by atoms with E-state index in [1.807, 2.05) is 0 Å². The molecule has 0 saturated heterocycles. The number of ether oxygens (including phenoxy) is 1. The molecule has 0 spiro atoms. The molecule has 0 aliphatic rings. The smallest absolute Gasteiger partial charge is 0.166 e. The van der Waals surface area contributed by atoms with E-state index in [9.17, 15) is 0 Å². The fraction of sp³-hybridized carbons (Fsp3) is 1.00. The lowest BCUT2D eigenvalue weighted by Gasteiger charge is -2.07. The standard InChI is InChI=1S/C4H11NO2.CH4/c1-5(2)7-4-6-3;/h4H2,1-3H3;1H4. The molecular weight excluding hydrogens is 106 g/mol. The van der Waals surface area contributed by atoms with Gasteiger partial charge in [0.15, 0.2) is 6.79 Å². The van der Waals surface area contributed by atoms with Crippen LogP contribution in [0.15, 0.2) is 0 Å². The predicted octanol–water partition coefficient (Wildman–Crippen LogP) is 0.720. The van der Waals surface area contributed by atoms with E-state index in [-0.39, 0.29) is 7.43 Å². The second-order valence-corrected chi connectivity index (χ2v) is 1.35. The molecule has 0 rings (SSSR count). The second-order valence-electron chi connectivity index (χ2n) is 1.35. The van der Waals surface area contributed by atoms with Gasteiger partial charge in [-0.15, -0.1) is 0 Å². The number of rotatable bonds is 3. The van der Waals surface area contributed by atoms with Crippen molar-refractivity contribution in [1.82, 2.24) is 5.06 Å². The van der Waals surface area contributed by atoms with Gasteiger partial charge >= 0.3 is 0 Å². The van der Waals surface area contributed by atoms with Gasteiger partial charge in [-0.1, -0.05) is 7.43 Å². The molecule has 0 aliphatic heterocycles. The van der Waals surface area contributed by atoms with Crippen molar-refractivity contribution in [1.29, 1.82) is 0 Å². The minimum Gasteiger partial charge on any atom is -0.357 e. The van der Waals surface area contributed by atoms with Crippen LogP contribution in [0.1, 0.15) is 7.43 Å². The van der Waals surface area contributed by atoms with Crippen LogP contribution in [0.4, 0.5) is 0 Å². The van der Waals surface area contributed by atoms with Crippen molar-refractivity contribution in [2.45, 2.75) is 7.43 Å². The van der Waals surface area contributed by atoms with Gasteiger partial charge in [-0.05, 0) is 0 Å². The highest BCUT2D eigenvalue weighted by molar-refractivity contribution is 4.02. The average molecular weight is 121 g/mol. The lowest BCUT2D eigenvalue weighted by molar-refractivity contribution is -0.189. The molecule has 0 aromatic rings. The van der Waals surface area contributed by atoms with Crippen LogP contribution < -0.4 is 0 Å². The summed E-state index contributed by atoms with van der Waals surface area (Å²) in [6.07, 6.45) is 0. The topological polar surface area (TPSA) is 21.7 Å². The number of hydrogen-bond donors (Lipinski definition) is 0. The van der Waals surface area contributed by atoms with Gasteiger partial charge in [0.25, 0.3) is 0 Å². The summed E-state index contributed by atoms with van der Waals surface area (Å²) >= 11 is 0. The van der Waals surface area contributed by atoms with Crippen LogP contribution in [0.25, 0.3) is 0 Å². The summed E-state index contributed by atoms with van der Waals surface area (Å²) in [5, 5.41) is 1.59. The van der Waals surface area contributed by atoms with Gasteiger partial charge in [0.2, 0.25) is 0 Å². The maximum atomic E-state index is 4.80. The van der Waals surface area contributed by atoms with Gasteiger partial charge in [-0.2, -0.15) is 5.06 Å². The zero-order valence-electron chi connectivity index (χ0n) is 4.97. The fourth-order valence-electron chi connectivity index (χ4n) is 0.158. The Morgan fingerprint density at radius 3 is 2.00 bits per heavy atom. The molecule has 8 heavy (non-hydrogen) atoms. The summed E-state index contributed by atoms with van der Waals surface area (Å²) < 4.78 is 4.59. The Hall–Kier alpha value is -0.120. The number of hydroxylamine groups is 2. The molecule has 0 N–H and O–H groups in total. The van der Waals surface area contributed by atoms with E-state index < -0.39 is 0 Å². The monoisotopic (exact) mass is 121 g/mol. The molecular formula is C5H15NO2. The van der Waals surface area contributed by atoms with Crippen molar-refractivity contribution in [3.05, 3.63) is 0 Å². The summed E-state index contributed by atoms with van der Waals surface area (Å²) in [6.45, 7) is 0.326. The van der Waals surface area contributed by atoms with Crippen molar-refractivity contribution in [3.8, 4) is 0 Å². The highest BCUT2D eigenvalue weighted by Crippen LogP contribution is 1.75. The maximum Gasteiger partial charge on any atom is 0.166 e. The van der Waals surface area contributed by atoms with E-state index in [0.29, 0.717) is 6.79 Å². The number of methoxy groups -OCH3 is 1. The van der Waals surface area contributed by atoms with E-state index in [4.69, 9.17) is 4.84 Å². The van der Waals surface area contributed by atoms with Crippen LogP contribution in [0.3, 0.4) is 0 Å². The first kappa shape index (κ1) is 10.8. The molecule has 0 saturated carbocycles. The molecule has 0 radical (unpaired) electrons. The third kappa shape index (κ3) is 9.30. The Bertz CT molecular complexity index is 39.4. The second kappa shape index (κ2) is 6.88. The zero-order chi connectivity index (χ0) is 5.70. The van der Waals surface area contributed by atoms with E-state index in [1.54, 1.807) is 26.3 Å². The number of nitrogens with zero attached hydrogens (tertiary/aromatic N) is 1. The molecule has 0 fully saturated rings. The maximum absolute atomic E-state index is 4.80. The van der Waals surface area contributed by atoms with Gasteiger partial charge in [0, 0.05) is 21.2 Å². The van der Waals surface area contributed by atoms with Crippen molar-refractivity contribution in [3.63, 3.8) is 0 Å². The van der Waals surface area contributed by atoms with Crippen LogP contribution in [0.2, 0.25) is 0 Å². The molecule has 52 valence electrons. The van der Waals surface area contributed by atoms with Crippen LogP contribution in [0.5, 0.6) is 0 Å². The Morgan fingerprint density at radius 2 is 1.88 bits per heavy atom. The molecule has 0 atom stereocenters. The molecule has 3 heteroatoms. The predicted molar refractivity (Wildman–Crippen MR) is 33.4 cm³/mol. The molecule has 3 nitrogen and oxygen atoms in total. The van der Waals surface area contributed by atoms with Crippen LogP contribution >= 0.6 is 0 Å². The lowest BCUT2D eigenvalue weighted by Crippen LogP contribution is -2.13. The first-order chi connectivity index (χ1) is 3.27. The summed E-state index contributed by atoms with van der Waals surface area (Å²) in [5.41, 5.74) is 0. The summed E-state index contributed by atoms with van der Waals surface area (Å²) in [4.78, 5) is 4.80. The Balaban J connectivity index is 0. The third-order valence-electron chi connectivity index (χ3n) is 0.429. The third-order valence-corrected chi connectivity index (χ3v) is 0.429. The molecule has 0 aromatic carbocycles. The summed E-state index contributed by atoms with van der Waals surface area (Å²) in [7, 11) is 5.20. The van der Waals surface area contributed by atoms with Gasteiger partial charge < -0.3 is 4.74 Å². The van der Waals surface area contributed by atoms with Crippen LogP contribution in [-0.4, -0.2) is 33.1 Å². The van der Waals surface area contributed by atoms with Gasteiger partial charge in [-0.3, -0.25) is 4.84 Å². The van der Waals surface area contributed by atoms with Gasteiger partial charge in [0.05, 0.1) is 0 Å². The van der Waals surface area contributed by atoms with Crippen molar-refractivity contribution >= 4 is 0 Å². The molecule has 0 aliphatic carbocycles.